The van der Waals surface area contributed by atoms with Crippen LogP contribution in [0.5, 0.6) is 0 Å². The lowest BCUT2D eigenvalue weighted by Gasteiger charge is -2.41. The van der Waals surface area contributed by atoms with Crippen molar-refractivity contribution in [2.75, 3.05) is 26.2 Å². The van der Waals surface area contributed by atoms with Gasteiger partial charge in [-0.2, -0.15) is 0 Å². The summed E-state index contributed by atoms with van der Waals surface area (Å²) in [6, 6.07) is 7.86. The fraction of sp³-hybridized carbons (Fsp3) is 0.667. The van der Waals surface area contributed by atoms with Crippen molar-refractivity contribution in [1.82, 2.24) is 9.80 Å². The van der Waals surface area contributed by atoms with Gasteiger partial charge in [0, 0.05) is 50.9 Å². The third kappa shape index (κ3) is 3.12. The largest absolute Gasteiger partial charge is 0.298 e. The molecule has 5 heteroatoms. The summed E-state index contributed by atoms with van der Waals surface area (Å²) in [5.41, 5.74) is 1.35. The van der Waals surface area contributed by atoms with Gasteiger partial charge in [-0.1, -0.05) is 18.6 Å². The second-order valence-corrected chi connectivity index (χ2v) is 7.48. The molecule has 1 aliphatic heterocycles. The van der Waals surface area contributed by atoms with Crippen LogP contribution < -0.4 is 0 Å². The number of piperazine rings is 1. The third-order valence-electron chi connectivity index (χ3n) is 6.13. The number of nitro benzene ring substituents is 1. The predicted molar refractivity (Wildman–Crippen MR) is 89.2 cm³/mol. The number of fused-ring (bicyclic) bond motifs is 2. The number of hydrogen-bond donors (Lipinski definition) is 0. The first-order chi connectivity index (χ1) is 11.2. The first-order valence-electron chi connectivity index (χ1n) is 8.89. The molecule has 23 heavy (non-hydrogen) atoms. The molecule has 1 aromatic rings. The van der Waals surface area contributed by atoms with Crippen molar-refractivity contribution in [3.8, 4) is 0 Å². The summed E-state index contributed by atoms with van der Waals surface area (Å²) in [4.78, 5) is 15.6. The van der Waals surface area contributed by atoms with Crippen LogP contribution in [0.15, 0.2) is 24.3 Å². The molecular formula is C18H25N3O2. The molecule has 0 amide bonds. The topological polar surface area (TPSA) is 49.6 Å². The Balaban J connectivity index is 1.29. The molecule has 1 saturated heterocycles. The summed E-state index contributed by atoms with van der Waals surface area (Å²) in [5, 5.41) is 10.7. The Hall–Kier alpha value is -1.46. The van der Waals surface area contributed by atoms with E-state index in [2.05, 4.69) is 9.80 Å². The predicted octanol–water partition coefficient (Wildman–Crippen LogP) is 2.90. The molecule has 3 fully saturated rings. The number of nitrogens with zero attached hydrogens (tertiary/aromatic N) is 3. The minimum atomic E-state index is -0.335. The lowest BCUT2D eigenvalue weighted by atomic mass is 9.93. The molecular weight excluding hydrogens is 290 g/mol. The van der Waals surface area contributed by atoms with Gasteiger partial charge in [-0.05, 0) is 36.7 Å². The second-order valence-electron chi connectivity index (χ2n) is 7.48. The summed E-state index contributed by atoms with van der Waals surface area (Å²) in [6.07, 6.45) is 5.85. The van der Waals surface area contributed by atoms with Crippen molar-refractivity contribution in [1.29, 1.82) is 0 Å². The first-order valence-corrected chi connectivity index (χ1v) is 8.89. The highest BCUT2D eigenvalue weighted by Crippen LogP contribution is 2.46. The van der Waals surface area contributed by atoms with Crippen LogP contribution in [0.3, 0.4) is 0 Å². The number of rotatable bonds is 4. The minimum absolute atomic E-state index is 0.176. The number of non-ortho nitro benzene ring substituents is 1. The van der Waals surface area contributed by atoms with Crippen LogP contribution in [0.4, 0.5) is 5.69 Å². The SMILES string of the molecule is O=[N+]([O-])c1ccc(CN2CCN([C@@H]3C[C@@H]4CC[C@@H]3C4)CC2)cc1. The summed E-state index contributed by atoms with van der Waals surface area (Å²) in [7, 11) is 0. The maximum atomic E-state index is 10.7. The Labute approximate surface area is 137 Å². The molecule has 4 rings (SSSR count). The van der Waals surface area contributed by atoms with Crippen molar-refractivity contribution in [3.05, 3.63) is 39.9 Å². The van der Waals surface area contributed by atoms with Crippen molar-refractivity contribution in [2.24, 2.45) is 11.8 Å². The fourth-order valence-electron chi connectivity index (χ4n) is 4.89. The average Bonchev–Trinajstić information content (AvgIpc) is 3.19. The summed E-state index contributed by atoms with van der Waals surface area (Å²) < 4.78 is 0. The van der Waals surface area contributed by atoms with Gasteiger partial charge >= 0.3 is 0 Å². The maximum Gasteiger partial charge on any atom is 0.269 e. The van der Waals surface area contributed by atoms with E-state index < -0.39 is 0 Å². The number of benzene rings is 1. The first kappa shape index (κ1) is 15.1. The van der Waals surface area contributed by atoms with Crippen LogP contribution in [0.25, 0.3) is 0 Å². The van der Waals surface area contributed by atoms with Crippen molar-refractivity contribution in [3.63, 3.8) is 0 Å². The highest BCUT2D eigenvalue weighted by Gasteiger charge is 2.42. The van der Waals surface area contributed by atoms with E-state index in [4.69, 9.17) is 0 Å². The zero-order valence-corrected chi connectivity index (χ0v) is 13.6. The normalized spacial score (nSPS) is 31.6. The van der Waals surface area contributed by atoms with Gasteiger partial charge in [0.2, 0.25) is 0 Å². The van der Waals surface area contributed by atoms with Gasteiger partial charge in [0.1, 0.15) is 0 Å². The van der Waals surface area contributed by atoms with E-state index in [1.165, 1.54) is 44.3 Å². The van der Waals surface area contributed by atoms with Gasteiger partial charge in [0.15, 0.2) is 0 Å². The molecule has 124 valence electrons. The van der Waals surface area contributed by atoms with E-state index in [9.17, 15) is 10.1 Å². The van der Waals surface area contributed by atoms with E-state index in [1.54, 1.807) is 12.1 Å². The van der Waals surface area contributed by atoms with Crippen molar-refractivity contribution >= 4 is 5.69 Å². The molecule has 3 atom stereocenters. The Kier molecular flexibility index (Phi) is 4.07. The third-order valence-corrected chi connectivity index (χ3v) is 6.13. The minimum Gasteiger partial charge on any atom is -0.298 e. The van der Waals surface area contributed by atoms with Crippen molar-refractivity contribution in [2.45, 2.75) is 38.3 Å². The van der Waals surface area contributed by atoms with Crippen molar-refractivity contribution < 1.29 is 4.92 Å². The van der Waals surface area contributed by atoms with E-state index in [0.29, 0.717) is 0 Å². The average molecular weight is 315 g/mol. The Morgan fingerprint density at radius 3 is 2.35 bits per heavy atom. The van der Waals surface area contributed by atoms with Crippen LogP contribution in [0.1, 0.15) is 31.2 Å². The molecule has 2 saturated carbocycles. The molecule has 0 unspecified atom stereocenters. The van der Waals surface area contributed by atoms with Gasteiger partial charge in [-0.3, -0.25) is 19.9 Å². The molecule has 2 bridgehead atoms. The van der Waals surface area contributed by atoms with Gasteiger partial charge in [-0.15, -0.1) is 0 Å². The monoisotopic (exact) mass is 315 g/mol. The van der Waals surface area contributed by atoms with Gasteiger partial charge in [-0.25, -0.2) is 0 Å². The number of nitro groups is 1. The summed E-state index contributed by atoms with van der Waals surface area (Å²) >= 11 is 0. The van der Waals surface area contributed by atoms with E-state index in [-0.39, 0.29) is 10.6 Å². The van der Waals surface area contributed by atoms with E-state index >= 15 is 0 Å². The van der Waals surface area contributed by atoms with Gasteiger partial charge < -0.3 is 0 Å². The standard InChI is InChI=1S/C18H25N3O2/c22-21(23)17-5-2-14(3-6-17)13-19-7-9-20(10-8-19)18-12-15-1-4-16(18)11-15/h2-3,5-6,15-16,18H,1,4,7-13H2/t15-,16-,18-/m1/s1. The Morgan fingerprint density at radius 1 is 1.04 bits per heavy atom. The fourth-order valence-corrected chi connectivity index (χ4v) is 4.89. The molecule has 1 aromatic carbocycles. The van der Waals surface area contributed by atoms with Gasteiger partial charge in [0.05, 0.1) is 4.92 Å². The molecule has 1 heterocycles. The second kappa shape index (κ2) is 6.21. The van der Waals surface area contributed by atoms with Crippen LogP contribution >= 0.6 is 0 Å². The van der Waals surface area contributed by atoms with E-state index in [0.717, 1.165) is 37.5 Å². The van der Waals surface area contributed by atoms with Crippen LogP contribution in [0, 0.1) is 22.0 Å². The quantitative estimate of drug-likeness (QED) is 0.633. The Bertz CT molecular complexity index is 566. The van der Waals surface area contributed by atoms with Gasteiger partial charge in [0.25, 0.3) is 5.69 Å². The van der Waals surface area contributed by atoms with E-state index in [1.807, 2.05) is 12.1 Å². The zero-order valence-electron chi connectivity index (χ0n) is 13.6. The van der Waals surface area contributed by atoms with Crippen LogP contribution in [-0.2, 0) is 6.54 Å². The lowest BCUT2D eigenvalue weighted by Crippen LogP contribution is -2.51. The molecule has 0 aromatic heterocycles. The number of hydrogen-bond acceptors (Lipinski definition) is 4. The molecule has 5 nitrogen and oxygen atoms in total. The molecule has 0 N–H and O–H groups in total. The highest BCUT2D eigenvalue weighted by atomic mass is 16.6. The van der Waals surface area contributed by atoms with Crippen LogP contribution in [0.2, 0.25) is 0 Å². The highest BCUT2D eigenvalue weighted by molar-refractivity contribution is 5.32. The lowest BCUT2D eigenvalue weighted by molar-refractivity contribution is -0.384. The molecule has 2 aliphatic carbocycles. The molecule has 0 radical (unpaired) electrons. The van der Waals surface area contributed by atoms with Crippen LogP contribution in [-0.4, -0.2) is 46.9 Å². The molecule has 0 spiro atoms. The summed E-state index contributed by atoms with van der Waals surface area (Å²) in [6.45, 7) is 5.50. The summed E-state index contributed by atoms with van der Waals surface area (Å²) in [5.74, 6) is 1.99. The molecule has 3 aliphatic rings. The maximum absolute atomic E-state index is 10.7. The zero-order chi connectivity index (χ0) is 15.8. The Morgan fingerprint density at radius 2 is 1.78 bits per heavy atom. The smallest absolute Gasteiger partial charge is 0.269 e.